The number of benzene rings is 1. The van der Waals surface area contributed by atoms with Crippen molar-refractivity contribution in [1.82, 2.24) is 0 Å². The molecule has 0 saturated carbocycles. The monoisotopic (exact) mass is 240 g/mol. The van der Waals surface area contributed by atoms with Crippen LogP contribution in [0.3, 0.4) is 0 Å². The lowest BCUT2D eigenvalue weighted by Crippen LogP contribution is -2.15. The fourth-order valence-corrected chi connectivity index (χ4v) is 1.75. The minimum atomic E-state index is -0.523. The van der Waals surface area contributed by atoms with Crippen molar-refractivity contribution in [2.24, 2.45) is 5.73 Å². The van der Waals surface area contributed by atoms with Gasteiger partial charge in [0.15, 0.2) is 5.75 Å². The Labute approximate surface area is 99.3 Å². The Bertz CT molecular complexity index is 369. The van der Waals surface area contributed by atoms with E-state index in [0.29, 0.717) is 23.6 Å². The number of anilines is 1. The summed E-state index contributed by atoms with van der Waals surface area (Å²) in [7, 11) is 0. The molecule has 0 unspecified atom stereocenters. The van der Waals surface area contributed by atoms with Crippen molar-refractivity contribution in [2.45, 2.75) is 6.92 Å². The van der Waals surface area contributed by atoms with Crippen molar-refractivity contribution in [3.63, 3.8) is 0 Å². The molecule has 0 atom stereocenters. The number of hydrogen-bond acceptors (Lipinski definition) is 4. The van der Waals surface area contributed by atoms with E-state index in [0.717, 1.165) is 11.5 Å². The molecule has 0 saturated heterocycles. The SMILES string of the molecule is CCSCCOc1c(N)cccc1C(N)=O. The average molecular weight is 240 g/mol. The second-order valence-corrected chi connectivity index (χ2v) is 4.53. The van der Waals surface area contributed by atoms with Crippen LogP contribution in [0.15, 0.2) is 18.2 Å². The Morgan fingerprint density at radius 2 is 2.25 bits per heavy atom. The summed E-state index contributed by atoms with van der Waals surface area (Å²) in [6.07, 6.45) is 0. The number of nitrogen functional groups attached to an aromatic ring is 1. The van der Waals surface area contributed by atoms with Crippen LogP contribution in [-0.2, 0) is 0 Å². The molecule has 1 rings (SSSR count). The Hall–Kier alpha value is -1.36. The van der Waals surface area contributed by atoms with E-state index in [9.17, 15) is 4.79 Å². The zero-order chi connectivity index (χ0) is 12.0. The van der Waals surface area contributed by atoms with Crippen molar-refractivity contribution in [3.05, 3.63) is 23.8 Å². The molecule has 1 aromatic rings. The van der Waals surface area contributed by atoms with Gasteiger partial charge in [0.05, 0.1) is 17.9 Å². The summed E-state index contributed by atoms with van der Waals surface area (Å²) in [6.45, 7) is 2.60. The maximum atomic E-state index is 11.1. The van der Waals surface area contributed by atoms with Gasteiger partial charge in [0.1, 0.15) is 0 Å². The molecule has 0 aliphatic rings. The van der Waals surface area contributed by atoms with Gasteiger partial charge in [-0.05, 0) is 17.9 Å². The highest BCUT2D eigenvalue weighted by Crippen LogP contribution is 2.26. The van der Waals surface area contributed by atoms with Crippen molar-refractivity contribution in [1.29, 1.82) is 0 Å². The first-order valence-corrected chi connectivity index (χ1v) is 6.21. The van der Waals surface area contributed by atoms with Crippen LogP contribution in [0.2, 0.25) is 0 Å². The molecule has 1 amide bonds. The van der Waals surface area contributed by atoms with Crippen LogP contribution in [-0.4, -0.2) is 24.0 Å². The first kappa shape index (κ1) is 12.7. The smallest absolute Gasteiger partial charge is 0.252 e. The number of thioether (sulfide) groups is 1. The van der Waals surface area contributed by atoms with E-state index in [-0.39, 0.29) is 0 Å². The largest absolute Gasteiger partial charge is 0.490 e. The van der Waals surface area contributed by atoms with Crippen LogP contribution in [0.5, 0.6) is 5.75 Å². The van der Waals surface area contributed by atoms with Gasteiger partial charge in [0.2, 0.25) is 0 Å². The molecule has 88 valence electrons. The van der Waals surface area contributed by atoms with Crippen LogP contribution in [0.1, 0.15) is 17.3 Å². The third-order valence-corrected chi connectivity index (χ3v) is 2.85. The quantitative estimate of drug-likeness (QED) is 0.583. The normalized spacial score (nSPS) is 10.1. The van der Waals surface area contributed by atoms with E-state index in [1.807, 2.05) is 0 Å². The van der Waals surface area contributed by atoms with E-state index in [1.165, 1.54) is 0 Å². The van der Waals surface area contributed by atoms with E-state index >= 15 is 0 Å². The number of carbonyl (C=O) groups excluding carboxylic acids is 1. The van der Waals surface area contributed by atoms with Gasteiger partial charge < -0.3 is 16.2 Å². The second-order valence-electron chi connectivity index (χ2n) is 3.13. The molecule has 0 radical (unpaired) electrons. The number of hydrogen-bond donors (Lipinski definition) is 2. The lowest BCUT2D eigenvalue weighted by atomic mass is 10.1. The molecule has 0 aliphatic carbocycles. The zero-order valence-corrected chi connectivity index (χ0v) is 10.0. The fraction of sp³-hybridized carbons (Fsp3) is 0.364. The molecule has 0 spiro atoms. The third kappa shape index (κ3) is 3.34. The van der Waals surface area contributed by atoms with E-state index < -0.39 is 5.91 Å². The highest BCUT2D eigenvalue weighted by molar-refractivity contribution is 7.99. The molecule has 0 bridgehead atoms. The first-order valence-electron chi connectivity index (χ1n) is 5.05. The topological polar surface area (TPSA) is 78.3 Å². The maximum Gasteiger partial charge on any atom is 0.252 e. The summed E-state index contributed by atoms with van der Waals surface area (Å²) in [5.74, 6) is 1.77. The molecule has 4 nitrogen and oxygen atoms in total. The van der Waals surface area contributed by atoms with E-state index in [2.05, 4.69) is 6.92 Å². The number of primary amides is 1. The standard InChI is InChI=1S/C11H16N2O2S/c1-2-16-7-6-15-10-8(11(13)14)4-3-5-9(10)12/h3-5H,2,6-7,12H2,1H3,(H2,13,14). The lowest BCUT2D eigenvalue weighted by molar-refractivity contribution is 0.0997. The van der Waals surface area contributed by atoms with E-state index in [1.54, 1.807) is 30.0 Å². The highest BCUT2D eigenvalue weighted by atomic mass is 32.2. The second kappa shape index (κ2) is 6.27. The minimum Gasteiger partial charge on any atom is -0.490 e. The number of rotatable bonds is 6. The number of para-hydroxylation sites is 1. The van der Waals surface area contributed by atoms with Gasteiger partial charge in [0.25, 0.3) is 5.91 Å². The molecule has 0 heterocycles. The predicted molar refractivity (Wildman–Crippen MR) is 67.9 cm³/mol. The lowest BCUT2D eigenvalue weighted by Gasteiger charge is -2.11. The molecular weight excluding hydrogens is 224 g/mol. The zero-order valence-electron chi connectivity index (χ0n) is 9.23. The minimum absolute atomic E-state index is 0.335. The summed E-state index contributed by atoms with van der Waals surface area (Å²) < 4.78 is 5.48. The molecular formula is C11H16N2O2S. The van der Waals surface area contributed by atoms with E-state index in [4.69, 9.17) is 16.2 Å². The molecule has 5 heteroatoms. The van der Waals surface area contributed by atoms with Gasteiger partial charge in [-0.25, -0.2) is 0 Å². The van der Waals surface area contributed by atoms with Crippen molar-refractivity contribution < 1.29 is 9.53 Å². The van der Waals surface area contributed by atoms with Crippen molar-refractivity contribution in [2.75, 3.05) is 23.8 Å². The summed E-state index contributed by atoms with van der Waals surface area (Å²) in [5.41, 5.74) is 11.7. The van der Waals surface area contributed by atoms with Gasteiger partial charge in [-0.1, -0.05) is 13.0 Å². The van der Waals surface area contributed by atoms with Gasteiger partial charge in [-0.15, -0.1) is 0 Å². The van der Waals surface area contributed by atoms with Gasteiger partial charge in [0, 0.05) is 5.75 Å². The van der Waals surface area contributed by atoms with Crippen LogP contribution in [0.4, 0.5) is 5.69 Å². The average Bonchev–Trinajstić information content (AvgIpc) is 2.25. The Morgan fingerprint density at radius 1 is 1.50 bits per heavy atom. The van der Waals surface area contributed by atoms with Gasteiger partial charge in [-0.3, -0.25) is 4.79 Å². The van der Waals surface area contributed by atoms with Gasteiger partial charge >= 0.3 is 0 Å². The van der Waals surface area contributed by atoms with Crippen molar-refractivity contribution in [3.8, 4) is 5.75 Å². The fourth-order valence-electron chi connectivity index (χ4n) is 1.26. The number of nitrogens with two attached hydrogens (primary N) is 2. The molecule has 1 aromatic carbocycles. The molecule has 0 fully saturated rings. The molecule has 16 heavy (non-hydrogen) atoms. The Balaban J connectivity index is 2.73. The maximum absolute atomic E-state index is 11.1. The molecule has 0 aromatic heterocycles. The number of carbonyl (C=O) groups is 1. The highest BCUT2D eigenvalue weighted by Gasteiger charge is 2.11. The van der Waals surface area contributed by atoms with Crippen LogP contribution in [0.25, 0.3) is 0 Å². The van der Waals surface area contributed by atoms with Crippen LogP contribution < -0.4 is 16.2 Å². The summed E-state index contributed by atoms with van der Waals surface area (Å²) in [5, 5.41) is 0. The Kier molecular flexibility index (Phi) is 4.98. The number of ether oxygens (including phenoxy) is 1. The summed E-state index contributed by atoms with van der Waals surface area (Å²) >= 11 is 1.77. The summed E-state index contributed by atoms with van der Waals surface area (Å²) in [6, 6.07) is 4.98. The third-order valence-electron chi connectivity index (χ3n) is 1.99. The van der Waals surface area contributed by atoms with Crippen LogP contribution >= 0.6 is 11.8 Å². The molecule has 0 aliphatic heterocycles. The van der Waals surface area contributed by atoms with Crippen LogP contribution in [0, 0.1) is 0 Å². The van der Waals surface area contributed by atoms with Gasteiger partial charge in [-0.2, -0.15) is 11.8 Å². The predicted octanol–water partition coefficient (Wildman–Crippen LogP) is 1.50. The summed E-state index contributed by atoms with van der Waals surface area (Å²) in [4.78, 5) is 11.1. The first-order chi connectivity index (χ1) is 7.66. The van der Waals surface area contributed by atoms with Crippen molar-refractivity contribution >= 4 is 23.4 Å². The number of amides is 1. The molecule has 4 N–H and O–H groups in total. The Morgan fingerprint density at radius 3 is 2.88 bits per heavy atom.